The highest BCUT2D eigenvalue weighted by Crippen LogP contribution is 2.45. The number of H-pyrrole nitrogens is 1. The average Bonchev–Trinajstić information content (AvgIpc) is 3.17. The summed E-state index contributed by atoms with van der Waals surface area (Å²) in [5, 5.41) is 0. The Kier molecular flexibility index (Phi) is 4.12. The molecule has 1 aromatic heterocycles. The van der Waals surface area contributed by atoms with Gasteiger partial charge in [0.1, 0.15) is 28.4 Å². The van der Waals surface area contributed by atoms with Gasteiger partial charge in [-0.1, -0.05) is 12.1 Å². The zero-order valence-electron chi connectivity index (χ0n) is 16.5. The summed E-state index contributed by atoms with van der Waals surface area (Å²) in [4.78, 5) is 23.3. The fraction of sp³-hybridized carbons (Fsp3) is 0.364. The van der Waals surface area contributed by atoms with E-state index in [1.165, 1.54) is 0 Å². The van der Waals surface area contributed by atoms with Gasteiger partial charge in [0.05, 0.1) is 31.7 Å². The molecule has 7 nitrogen and oxygen atoms in total. The second kappa shape index (κ2) is 6.69. The Labute approximate surface area is 168 Å². The number of nitrogens with one attached hydrogen (secondary N) is 1. The SMILES string of the molecule is COc1cc(OC)c2c(c1)OC1(CCN(c3nc4ccccc4[nH]3)CC1)CC2=O. The summed E-state index contributed by atoms with van der Waals surface area (Å²) >= 11 is 0. The zero-order valence-corrected chi connectivity index (χ0v) is 16.5. The third-order valence-electron chi connectivity index (χ3n) is 5.93. The summed E-state index contributed by atoms with van der Waals surface area (Å²) in [6, 6.07) is 11.5. The highest BCUT2D eigenvalue weighted by molar-refractivity contribution is 6.03. The molecule has 3 aromatic rings. The van der Waals surface area contributed by atoms with Gasteiger partial charge in [-0.3, -0.25) is 4.79 Å². The number of carbonyl (C=O) groups is 1. The van der Waals surface area contributed by atoms with Crippen LogP contribution in [0.3, 0.4) is 0 Å². The number of fused-ring (bicyclic) bond motifs is 2. The van der Waals surface area contributed by atoms with E-state index in [-0.39, 0.29) is 5.78 Å². The van der Waals surface area contributed by atoms with Gasteiger partial charge in [-0.25, -0.2) is 4.98 Å². The molecule has 7 heteroatoms. The maximum absolute atomic E-state index is 13.0. The molecule has 5 rings (SSSR count). The van der Waals surface area contributed by atoms with Crippen LogP contribution >= 0.6 is 0 Å². The van der Waals surface area contributed by atoms with Crippen molar-refractivity contribution in [2.75, 3.05) is 32.2 Å². The Morgan fingerprint density at radius 2 is 1.93 bits per heavy atom. The first kappa shape index (κ1) is 17.8. The summed E-state index contributed by atoms with van der Waals surface area (Å²) in [5.41, 5.74) is 2.00. The van der Waals surface area contributed by atoms with Gasteiger partial charge >= 0.3 is 0 Å². The largest absolute Gasteiger partial charge is 0.496 e. The number of piperidine rings is 1. The lowest BCUT2D eigenvalue weighted by atomic mass is 9.82. The second-order valence-corrected chi connectivity index (χ2v) is 7.65. The highest BCUT2D eigenvalue weighted by atomic mass is 16.5. The monoisotopic (exact) mass is 393 g/mol. The normalized spacial score (nSPS) is 17.9. The van der Waals surface area contributed by atoms with Gasteiger partial charge in [0.2, 0.25) is 5.95 Å². The number of imidazole rings is 1. The van der Waals surface area contributed by atoms with Gasteiger partial charge in [0.25, 0.3) is 0 Å². The lowest BCUT2D eigenvalue weighted by molar-refractivity contribution is 0.0224. The van der Waals surface area contributed by atoms with Gasteiger partial charge < -0.3 is 24.1 Å². The molecule has 2 aliphatic rings. The standard InChI is InChI=1S/C22H23N3O4/c1-27-14-11-18(28-2)20-17(26)13-22(29-19(20)12-14)7-9-25(10-8-22)21-23-15-5-3-4-6-16(15)24-21/h3-6,11-12H,7-10,13H2,1-2H3,(H,23,24). The number of nitrogens with zero attached hydrogens (tertiary/aromatic N) is 2. The van der Waals surface area contributed by atoms with E-state index in [1.54, 1.807) is 26.4 Å². The van der Waals surface area contributed by atoms with E-state index in [0.717, 1.165) is 42.9 Å². The number of hydrogen-bond acceptors (Lipinski definition) is 6. The van der Waals surface area contributed by atoms with E-state index in [1.807, 2.05) is 24.3 Å². The number of benzene rings is 2. The van der Waals surface area contributed by atoms with Crippen LogP contribution in [-0.2, 0) is 0 Å². The van der Waals surface area contributed by atoms with Crippen molar-refractivity contribution in [2.45, 2.75) is 24.9 Å². The van der Waals surface area contributed by atoms with Crippen molar-refractivity contribution in [1.29, 1.82) is 0 Å². The van der Waals surface area contributed by atoms with Crippen molar-refractivity contribution >= 4 is 22.8 Å². The van der Waals surface area contributed by atoms with Crippen molar-refractivity contribution in [3.63, 3.8) is 0 Å². The van der Waals surface area contributed by atoms with Crippen molar-refractivity contribution < 1.29 is 19.0 Å². The van der Waals surface area contributed by atoms with Gasteiger partial charge in [-0.2, -0.15) is 0 Å². The van der Waals surface area contributed by atoms with Crippen LogP contribution in [0.25, 0.3) is 11.0 Å². The van der Waals surface area contributed by atoms with Gasteiger partial charge in [0.15, 0.2) is 5.78 Å². The van der Waals surface area contributed by atoms with Crippen molar-refractivity contribution in [1.82, 2.24) is 9.97 Å². The smallest absolute Gasteiger partial charge is 0.203 e. The molecular weight excluding hydrogens is 370 g/mol. The molecule has 150 valence electrons. The summed E-state index contributed by atoms with van der Waals surface area (Å²) in [6.45, 7) is 1.53. The minimum absolute atomic E-state index is 0.0583. The minimum atomic E-state index is -0.496. The number of anilines is 1. The van der Waals surface area contributed by atoms with E-state index in [2.05, 4.69) is 9.88 Å². The number of para-hydroxylation sites is 2. The summed E-state index contributed by atoms with van der Waals surface area (Å²) in [7, 11) is 3.14. The molecule has 1 N–H and O–H groups in total. The molecule has 1 saturated heterocycles. The number of ketones is 1. The number of ether oxygens (including phenoxy) is 3. The molecule has 29 heavy (non-hydrogen) atoms. The number of rotatable bonds is 3. The number of methoxy groups -OCH3 is 2. The number of carbonyl (C=O) groups excluding carboxylic acids is 1. The van der Waals surface area contributed by atoms with Crippen LogP contribution in [0.4, 0.5) is 5.95 Å². The molecule has 0 saturated carbocycles. The summed E-state index contributed by atoms with van der Waals surface area (Å²) in [6.07, 6.45) is 1.85. The first-order chi connectivity index (χ1) is 14.1. The van der Waals surface area contributed by atoms with Crippen molar-refractivity contribution in [2.24, 2.45) is 0 Å². The van der Waals surface area contributed by atoms with Crippen LogP contribution in [0, 0.1) is 0 Å². The van der Waals surface area contributed by atoms with Gasteiger partial charge in [-0.15, -0.1) is 0 Å². The summed E-state index contributed by atoms with van der Waals surface area (Å²) in [5.74, 6) is 2.59. The molecule has 0 amide bonds. The Hall–Kier alpha value is -3.22. The predicted octanol–water partition coefficient (Wildman–Crippen LogP) is 3.58. The van der Waals surface area contributed by atoms with E-state index in [9.17, 15) is 4.79 Å². The Morgan fingerprint density at radius 3 is 2.66 bits per heavy atom. The third kappa shape index (κ3) is 2.97. The van der Waals surface area contributed by atoms with E-state index < -0.39 is 5.60 Å². The van der Waals surface area contributed by atoms with E-state index in [0.29, 0.717) is 29.2 Å². The topological polar surface area (TPSA) is 76.7 Å². The van der Waals surface area contributed by atoms with Crippen LogP contribution < -0.4 is 19.1 Å². The second-order valence-electron chi connectivity index (χ2n) is 7.65. The fourth-order valence-corrected chi connectivity index (χ4v) is 4.34. The molecule has 0 unspecified atom stereocenters. The van der Waals surface area contributed by atoms with Crippen LogP contribution in [0.15, 0.2) is 36.4 Å². The van der Waals surface area contributed by atoms with Crippen LogP contribution in [0.2, 0.25) is 0 Å². The lowest BCUT2D eigenvalue weighted by Gasteiger charge is -2.44. The Morgan fingerprint density at radius 1 is 1.14 bits per heavy atom. The predicted molar refractivity (Wildman–Crippen MR) is 109 cm³/mol. The van der Waals surface area contributed by atoms with Crippen LogP contribution in [-0.4, -0.2) is 48.7 Å². The van der Waals surface area contributed by atoms with Crippen molar-refractivity contribution in [3.8, 4) is 17.2 Å². The number of hydrogen-bond donors (Lipinski definition) is 1. The lowest BCUT2D eigenvalue weighted by Crippen LogP contribution is -2.51. The molecule has 2 aliphatic heterocycles. The number of aromatic nitrogens is 2. The molecule has 1 fully saturated rings. The quantitative estimate of drug-likeness (QED) is 0.733. The first-order valence-electron chi connectivity index (χ1n) is 9.79. The maximum atomic E-state index is 13.0. The molecule has 0 bridgehead atoms. The number of Topliss-reactive ketones (excluding diaryl/α,β-unsaturated/α-hetero) is 1. The van der Waals surface area contributed by atoms with E-state index >= 15 is 0 Å². The average molecular weight is 393 g/mol. The molecule has 0 atom stereocenters. The molecule has 3 heterocycles. The molecule has 0 radical (unpaired) electrons. The van der Waals surface area contributed by atoms with Gasteiger partial charge in [-0.05, 0) is 12.1 Å². The molecule has 2 aromatic carbocycles. The molecule has 1 spiro atoms. The minimum Gasteiger partial charge on any atom is -0.496 e. The third-order valence-corrected chi connectivity index (χ3v) is 5.93. The highest BCUT2D eigenvalue weighted by Gasteiger charge is 2.44. The number of aromatic amines is 1. The van der Waals surface area contributed by atoms with E-state index in [4.69, 9.17) is 19.2 Å². The molecule has 0 aliphatic carbocycles. The maximum Gasteiger partial charge on any atom is 0.203 e. The summed E-state index contributed by atoms with van der Waals surface area (Å²) < 4.78 is 17.2. The van der Waals surface area contributed by atoms with Gasteiger partial charge in [0, 0.05) is 38.1 Å². The molecular formula is C22H23N3O4. The zero-order chi connectivity index (χ0) is 20.0. The van der Waals surface area contributed by atoms with Crippen LogP contribution in [0.1, 0.15) is 29.6 Å². The van der Waals surface area contributed by atoms with Crippen molar-refractivity contribution in [3.05, 3.63) is 42.0 Å². The Bertz CT molecular complexity index is 1050. The fourth-order valence-electron chi connectivity index (χ4n) is 4.34. The van der Waals surface area contributed by atoms with Crippen LogP contribution in [0.5, 0.6) is 17.2 Å². The Balaban J connectivity index is 1.39. The first-order valence-corrected chi connectivity index (χ1v) is 9.79.